The van der Waals surface area contributed by atoms with Crippen LogP contribution in [0.5, 0.6) is 0 Å². The highest BCUT2D eigenvalue weighted by Crippen LogP contribution is 2.23. The Morgan fingerprint density at radius 1 is 1.41 bits per heavy atom. The lowest BCUT2D eigenvalue weighted by Crippen LogP contribution is -2.14. The van der Waals surface area contributed by atoms with Gasteiger partial charge in [-0.2, -0.15) is 0 Å². The van der Waals surface area contributed by atoms with Gasteiger partial charge < -0.3 is 10.1 Å². The maximum absolute atomic E-state index is 13.2. The van der Waals surface area contributed by atoms with E-state index in [-0.39, 0.29) is 5.82 Å². The summed E-state index contributed by atoms with van der Waals surface area (Å²) in [6.45, 7) is 4.51. The molecule has 0 unspecified atom stereocenters. The summed E-state index contributed by atoms with van der Waals surface area (Å²) in [5.41, 5.74) is 1.03. The van der Waals surface area contributed by atoms with Crippen molar-refractivity contribution in [3.8, 4) is 0 Å². The van der Waals surface area contributed by atoms with Gasteiger partial charge in [-0.3, -0.25) is 0 Å². The molecule has 0 heterocycles. The van der Waals surface area contributed by atoms with Crippen molar-refractivity contribution in [1.29, 1.82) is 0 Å². The standard InChI is InChI=1S/C13H20FNOS/c1-3-6-15-10-11-9-12(14)4-5-13(11)17-8-7-16-2/h4-5,9,15H,3,6-8,10H2,1-2H3. The lowest BCUT2D eigenvalue weighted by atomic mass is 10.2. The number of thioether (sulfide) groups is 1. The van der Waals surface area contributed by atoms with Crippen molar-refractivity contribution in [3.05, 3.63) is 29.6 Å². The third kappa shape index (κ3) is 5.52. The molecule has 17 heavy (non-hydrogen) atoms. The predicted molar refractivity (Wildman–Crippen MR) is 71.0 cm³/mol. The monoisotopic (exact) mass is 257 g/mol. The van der Waals surface area contributed by atoms with Gasteiger partial charge >= 0.3 is 0 Å². The van der Waals surface area contributed by atoms with E-state index in [9.17, 15) is 4.39 Å². The summed E-state index contributed by atoms with van der Waals surface area (Å²) in [7, 11) is 1.69. The molecule has 4 heteroatoms. The van der Waals surface area contributed by atoms with Crippen LogP contribution in [0.15, 0.2) is 23.1 Å². The summed E-state index contributed by atoms with van der Waals surface area (Å²) in [5.74, 6) is 0.720. The van der Waals surface area contributed by atoms with Crippen molar-refractivity contribution in [3.63, 3.8) is 0 Å². The Labute approximate surface area is 107 Å². The predicted octanol–water partition coefficient (Wildman–Crippen LogP) is 3.06. The molecule has 1 rings (SSSR count). The van der Waals surface area contributed by atoms with Gasteiger partial charge in [-0.05, 0) is 36.7 Å². The molecule has 0 aromatic heterocycles. The Kier molecular flexibility index (Phi) is 7.24. The first kappa shape index (κ1) is 14.5. The quantitative estimate of drug-likeness (QED) is 0.571. The molecule has 0 saturated carbocycles. The number of nitrogens with one attached hydrogen (secondary N) is 1. The molecule has 1 aromatic carbocycles. The molecule has 2 nitrogen and oxygen atoms in total. The molecule has 0 radical (unpaired) electrons. The smallest absolute Gasteiger partial charge is 0.123 e. The fourth-order valence-corrected chi connectivity index (χ4v) is 2.41. The van der Waals surface area contributed by atoms with Crippen LogP contribution < -0.4 is 5.32 Å². The second kappa shape index (κ2) is 8.50. The Bertz CT molecular complexity index is 333. The number of rotatable bonds is 8. The normalized spacial score (nSPS) is 10.8. The molecule has 0 fully saturated rings. The van der Waals surface area contributed by atoms with E-state index in [4.69, 9.17) is 4.74 Å². The van der Waals surface area contributed by atoms with Gasteiger partial charge in [-0.1, -0.05) is 6.92 Å². The molecule has 0 aliphatic rings. The minimum absolute atomic E-state index is 0.172. The van der Waals surface area contributed by atoms with Gasteiger partial charge in [0.25, 0.3) is 0 Å². The van der Waals surface area contributed by atoms with Crippen LogP contribution >= 0.6 is 11.8 Å². The van der Waals surface area contributed by atoms with Crippen LogP contribution in [0.1, 0.15) is 18.9 Å². The van der Waals surface area contributed by atoms with Crippen molar-refractivity contribution >= 4 is 11.8 Å². The third-order valence-corrected chi connectivity index (χ3v) is 3.39. The first-order chi connectivity index (χ1) is 8.27. The van der Waals surface area contributed by atoms with E-state index in [0.29, 0.717) is 6.61 Å². The van der Waals surface area contributed by atoms with Crippen molar-refractivity contribution in [2.45, 2.75) is 24.8 Å². The molecule has 0 bridgehead atoms. The van der Waals surface area contributed by atoms with Gasteiger partial charge in [-0.25, -0.2) is 4.39 Å². The molecule has 0 saturated heterocycles. The van der Waals surface area contributed by atoms with Crippen LogP contribution in [0.25, 0.3) is 0 Å². The van der Waals surface area contributed by atoms with E-state index in [1.165, 1.54) is 6.07 Å². The second-order valence-corrected chi connectivity index (χ2v) is 4.91. The fraction of sp³-hybridized carbons (Fsp3) is 0.538. The molecule has 0 aliphatic heterocycles. The Morgan fingerprint density at radius 2 is 2.24 bits per heavy atom. The fourth-order valence-electron chi connectivity index (χ4n) is 1.46. The lowest BCUT2D eigenvalue weighted by molar-refractivity contribution is 0.218. The van der Waals surface area contributed by atoms with E-state index in [0.717, 1.165) is 35.7 Å². The first-order valence-electron chi connectivity index (χ1n) is 5.88. The summed E-state index contributed by atoms with van der Waals surface area (Å²) in [6.07, 6.45) is 1.08. The largest absolute Gasteiger partial charge is 0.384 e. The summed E-state index contributed by atoms with van der Waals surface area (Å²) in [5, 5.41) is 3.30. The molecule has 1 N–H and O–H groups in total. The summed E-state index contributed by atoms with van der Waals surface area (Å²) in [4.78, 5) is 1.13. The SMILES string of the molecule is CCCNCc1cc(F)ccc1SCCOC. The van der Waals surface area contributed by atoms with Crippen molar-refractivity contribution in [1.82, 2.24) is 5.32 Å². The lowest BCUT2D eigenvalue weighted by Gasteiger charge is -2.10. The summed E-state index contributed by atoms with van der Waals surface area (Å²) < 4.78 is 18.2. The van der Waals surface area contributed by atoms with Crippen LogP contribution in [-0.4, -0.2) is 26.0 Å². The van der Waals surface area contributed by atoms with Gasteiger partial charge in [0.1, 0.15) is 5.82 Å². The van der Waals surface area contributed by atoms with Crippen molar-refractivity contribution in [2.24, 2.45) is 0 Å². The second-order valence-electron chi connectivity index (χ2n) is 3.77. The summed E-state index contributed by atoms with van der Waals surface area (Å²) in [6, 6.07) is 4.97. The highest BCUT2D eigenvalue weighted by Gasteiger charge is 2.04. The molecule has 0 aliphatic carbocycles. The van der Waals surface area contributed by atoms with Gasteiger partial charge in [-0.15, -0.1) is 11.8 Å². The topological polar surface area (TPSA) is 21.3 Å². The molecule has 0 amide bonds. The number of methoxy groups -OCH3 is 1. The maximum Gasteiger partial charge on any atom is 0.123 e. The van der Waals surface area contributed by atoms with E-state index in [2.05, 4.69) is 12.2 Å². The molecular weight excluding hydrogens is 237 g/mol. The zero-order valence-corrected chi connectivity index (χ0v) is 11.3. The highest BCUT2D eigenvalue weighted by molar-refractivity contribution is 7.99. The molecular formula is C13H20FNOS. The molecule has 0 atom stereocenters. The molecule has 0 spiro atoms. The van der Waals surface area contributed by atoms with Crippen LogP contribution in [0, 0.1) is 5.82 Å². The van der Waals surface area contributed by atoms with Gasteiger partial charge in [0.2, 0.25) is 0 Å². The average molecular weight is 257 g/mol. The Hall–Kier alpha value is -0.580. The van der Waals surface area contributed by atoms with Gasteiger partial charge in [0, 0.05) is 24.3 Å². The number of hydrogen-bond donors (Lipinski definition) is 1. The van der Waals surface area contributed by atoms with Crippen molar-refractivity contribution in [2.75, 3.05) is 26.0 Å². The van der Waals surface area contributed by atoms with Crippen LogP contribution in [0.4, 0.5) is 4.39 Å². The van der Waals surface area contributed by atoms with E-state index >= 15 is 0 Å². The average Bonchev–Trinajstić information content (AvgIpc) is 2.32. The van der Waals surface area contributed by atoms with E-state index in [1.54, 1.807) is 24.9 Å². The Balaban J connectivity index is 2.59. The maximum atomic E-state index is 13.2. The van der Waals surface area contributed by atoms with Crippen LogP contribution in [0.2, 0.25) is 0 Å². The van der Waals surface area contributed by atoms with Crippen LogP contribution in [0.3, 0.4) is 0 Å². The van der Waals surface area contributed by atoms with Crippen molar-refractivity contribution < 1.29 is 9.13 Å². The summed E-state index contributed by atoms with van der Waals surface area (Å²) >= 11 is 1.71. The zero-order valence-electron chi connectivity index (χ0n) is 10.5. The minimum atomic E-state index is -0.172. The van der Waals surface area contributed by atoms with Crippen LogP contribution in [-0.2, 0) is 11.3 Å². The highest BCUT2D eigenvalue weighted by atomic mass is 32.2. The number of benzene rings is 1. The van der Waals surface area contributed by atoms with E-state index < -0.39 is 0 Å². The molecule has 1 aromatic rings. The number of ether oxygens (including phenoxy) is 1. The minimum Gasteiger partial charge on any atom is -0.384 e. The third-order valence-electron chi connectivity index (χ3n) is 2.31. The van der Waals surface area contributed by atoms with E-state index in [1.807, 2.05) is 6.07 Å². The zero-order chi connectivity index (χ0) is 12.5. The number of halogens is 1. The molecule has 96 valence electrons. The number of hydrogen-bond acceptors (Lipinski definition) is 3. The van der Waals surface area contributed by atoms with Gasteiger partial charge in [0.05, 0.1) is 6.61 Å². The first-order valence-corrected chi connectivity index (χ1v) is 6.87. The van der Waals surface area contributed by atoms with Gasteiger partial charge in [0.15, 0.2) is 0 Å². The Morgan fingerprint density at radius 3 is 2.94 bits per heavy atom.